The molecule has 8 heteroatoms. The number of amides is 1. The van der Waals surface area contributed by atoms with Crippen LogP contribution in [0, 0.1) is 0 Å². The first-order valence-electron chi connectivity index (χ1n) is 5.47. The van der Waals surface area contributed by atoms with Crippen molar-refractivity contribution < 1.29 is 34.7 Å². The number of hydrogen-bond acceptors (Lipinski definition) is 7. The fraction of sp³-hybridized carbons (Fsp3) is 0.700. The van der Waals surface area contributed by atoms with Crippen molar-refractivity contribution in [3.63, 3.8) is 0 Å². The molecular formula is C10H15NO7. The molecule has 0 spiro atoms. The predicted molar refractivity (Wildman–Crippen MR) is 55.9 cm³/mol. The van der Waals surface area contributed by atoms with Gasteiger partial charge in [-0.2, -0.15) is 0 Å². The summed E-state index contributed by atoms with van der Waals surface area (Å²) in [5.41, 5.74) is 0. The van der Waals surface area contributed by atoms with Gasteiger partial charge in [0.15, 0.2) is 12.4 Å². The highest BCUT2D eigenvalue weighted by atomic mass is 16.7. The third-order valence-electron chi connectivity index (χ3n) is 2.88. The zero-order chi connectivity index (χ0) is 13.3. The second kappa shape index (κ2) is 5.31. The number of carbonyl (C=O) groups is 1. The van der Waals surface area contributed by atoms with Gasteiger partial charge in [0.1, 0.15) is 24.4 Å². The van der Waals surface area contributed by atoms with E-state index in [2.05, 4.69) is 5.32 Å². The van der Waals surface area contributed by atoms with E-state index in [1.807, 2.05) is 0 Å². The molecule has 1 amide bonds. The fourth-order valence-corrected chi connectivity index (χ4v) is 1.82. The quantitative estimate of drug-likeness (QED) is 0.362. The van der Waals surface area contributed by atoms with E-state index in [1.165, 1.54) is 12.3 Å². The monoisotopic (exact) mass is 261 g/mol. The Kier molecular flexibility index (Phi) is 3.95. The van der Waals surface area contributed by atoms with E-state index in [4.69, 9.17) is 14.6 Å². The lowest BCUT2D eigenvalue weighted by atomic mass is 9.99. The molecule has 1 fully saturated rings. The van der Waals surface area contributed by atoms with Crippen molar-refractivity contribution in [3.05, 3.63) is 12.3 Å². The van der Waals surface area contributed by atoms with Crippen molar-refractivity contribution in [1.82, 2.24) is 5.32 Å². The molecule has 18 heavy (non-hydrogen) atoms. The summed E-state index contributed by atoms with van der Waals surface area (Å²) < 4.78 is 10.3. The summed E-state index contributed by atoms with van der Waals surface area (Å²) in [6.45, 7) is -0.544. The van der Waals surface area contributed by atoms with Crippen LogP contribution in [0.2, 0.25) is 0 Å². The van der Waals surface area contributed by atoms with Crippen LogP contribution in [0.5, 0.6) is 0 Å². The molecule has 8 nitrogen and oxygen atoms in total. The van der Waals surface area contributed by atoms with Crippen molar-refractivity contribution in [2.75, 3.05) is 6.61 Å². The fourth-order valence-electron chi connectivity index (χ4n) is 1.82. The van der Waals surface area contributed by atoms with Crippen LogP contribution in [-0.2, 0) is 14.3 Å². The van der Waals surface area contributed by atoms with Gasteiger partial charge in [0.05, 0.1) is 6.61 Å². The van der Waals surface area contributed by atoms with Crippen LogP contribution in [0.3, 0.4) is 0 Å². The molecule has 2 heterocycles. The van der Waals surface area contributed by atoms with E-state index in [9.17, 15) is 20.1 Å². The predicted octanol–water partition coefficient (Wildman–Crippen LogP) is -3.18. The maximum absolute atomic E-state index is 11.3. The Labute approximate surface area is 102 Å². The van der Waals surface area contributed by atoms with Crippen LogP contribution in [0.1, 0.15) is 0 Å². The molecule has 0 aromatic rings. The molecule has 2 aliphatic heterocycles. The highest BCUT2D eigenvalue weighted by Gasteiger charge is 2.45. The van der Waals surface area contributed by atoms with Gasteiger partial charge in [0.25, 0.3) is 5.91 Å². The molecule has 0 aromatic carbocycles. The first-order valence-corrected chi connectivity index (χ1v) is 5.47. The lowest BCUT2D eigenvalue weighted by Gasteiger charge is -2.40. The normalized spacial score (nSPS) is 44.1. The SMILES string of the molecule is O=C1NC=CC1OC1OC(CO)C(O)C(O)C1O. The number of nitrogens with one attached hydrogen (secondary N) is 1. The molecule has 1 saturated heterocycles. The van der Waals surface area contributed by atoms with Crippen molar-refractivity contribution in [3.8, 4) is 0 Å². The third-order valence-corrected chi connectivity index (χ3v) is 2.88. The second-order valence-electron chi connectivity index (χ2n) is 4.12. The molecule has 0 saturated carbocycles. The van der Waals surface area contributed by atoms with Crippen molar-refractivity contribution >= 4 is 5.91 Å². The maximum atomic E-state index is 11.3. The first-order chi connectivity index (χ1) is 8.54. The van der Waals surface area contributed by atoms with Gasteiger partial charge in [0, 0.05) is 6.20 Å². The molecule has 0 radical (unpaired) electrons. The molecule has 6 unspecified atom stereocenters. The Hall–Kier alpha value is -1.03. The Bertz CT molecular complexity index is 345. The van der Waals surface area contributed by atoms with Gasteiger partial charge in [0.2, 0.25) is 0 Å². The lowest BCUT2D eigenvalue weighted by molar-refractivity contribution is -0.304. The van der Waals surface area contributed by atoms with Crippen LogP contribution in [0.15, 0.2) is 12.3 Å². The summed E-state index contributed by atoms with van der Waals surface area (Å²) in [5.74, 6) is -0.424. The number of ether oxygens (including phenoxy) is 2. The van der Waals surface area contributed by atoms with Crippen molar-refractivity contribution in [1.29, 1.82) is 0 Å². The smallest absolute Gasteiger partial charge is 0.257 e. The summed E-state index contributed by atoms with van der Waals surface area (Å²) in [6, 6.07) is 0. The molecule has 2 rings (SSSR count). The minimum atomic E-state index is -1.52. The van der Waals surface area contributed by atoms with Crippen LogP contribution in [-0.4, -0.2) is 69.8 Å². The largest absolute Gasteiger partial charge is 0.394 e. The lowest BCUT2D eigenvalue weighted by Crippen LogP contribution is -2.59. The van der Waals surface area contributed by atoms with Crippen LogP contribution >= 0.6 is 0 Å². The maximum Gasteiger partial charge on any atom is 0.257 e. The molecule has 6 atom stereocenters. The summed E-state index contributed by atoms with van der Waals surface area (Å²) in [4.78, 5) is 11.3. The minimum absolute atomic E-state index is 0.424. The van der Waals surface area contributed by atoms with E-state index < -0.39 is 49.3 Å². The van der Waals surface area contributed by atoms with Gasteiger partial charge in [-0.25, -0.2) is 0 Å². The Morgan fingerprint density at radius 3 is 2.56 bits per heavy atom. The van der Waals surface area contributed by atoms with Gasteiger partial charge in [-0.3, -0.25) is 4.79 Å². The standard InChI is InChI=1S/C10H15NO7/c12-3-5-6(13)7(14)8(15)10(18-5)17-4-1-2-11-9(4)16/h1-2,4-8,10,12-15H,3H2,(H,11,16). The first kappa shape index (κ1) is 13.4. The summed E-state index contributed by atoms with van der Waals surface area (Å²) in [5, 5.41) is 40.1. The summed E-state index contributed by atoms with van der Waals surface area (Å²) in [6.07, 6.45) is -4.97. The summed E-state index contributed by atoms with van der Waals surface area (Å²) in [7, 11) is 0. The van der Waals surface area contributed by atoms with E-state index >= 15 is 0 Å². The van der Waals surface area contributed by atoms with Crippen LogP contribution in [0.4, 0.5) is 0 Å². The minimum Gasteiger partial charge on any atom is -0.394 e. The van der Waals surface area contributed by atoms with Gasteiger partial charge < -0.3 is 35.2 Å². The van der Waals surface area contributed by atoms with E-state index in [0.29, 0.717) is 0 Å². The third kappa shape index (κ3) is 2.39. The summed E-state index contributed by atoms with van der Waals surface area (Å²) >= 11 is 0. The van der Waals surface area contributed by atoms with E-state index in [0.717, 1.165) is 0 Å². The zero-order valence-corrected chi connectivity index (χ0v) is 9.34. The van der Waals surface area contributed by atoms with E-state index in [1.54, 1.807) is 0 Å². The number of hydrogen-bond donors (Lipinski definition) is 5. The molecule has 0 bridgehead atoms. The van der Waals surface area contributed by atoms with Gasteiger partial charge in [-0.15, -0.1) is 0 Å². The van der Waals surface area contributed by atoms with Crippen LogP contribution < -0.4 is 5.32 Å². The highest BCUT2D eigenvalue weighted by molar-refractivity contribution is 5.86. The Balaban J connectivity index is 2.03. The van der Waals surface area contributed by atoms with Gasteiger partial charge in [-0.1, -0.05) is 0 Å². The molecule has 5 N–H and O–H groups in total. The molecule has 102 valence electrons. The Morgan fingerprint density at radius 1 is 1.28 bits per heavy atom. The van der Waals surface area contributed by atoms with E-state index in [-0.39, 0.29) is 0 Å². The molecule has 0 aliphatic carbocycles. The van der Waals surface area contributed by atoms with Gasteiger partial charge in [-0.05, 0) is 6.08 Å². The highest BCUT2D eigenvalue weighted by Crippen LogP contribution is 2.23. The van der Waals surface area contributed by atoms with Crippen molar-refractivity contribution in [2.24, 2.45) is 0 Å². The number of rotatable bonds is 3. The van der Waals surface area contributed by atoms with Crippen LogP contribution in [0.25, 0.3) is 0 Å². The number of carbonyl (C=O) groups excluding carboxylic acids is 1. The average Bonchev–Trinajstić information content (AvgIpc) is 2.76. The molecule has 2 aliphatic rings. The van der Waals surface area contributed by atoms with Gasteiger partial charge >= 0.3 is 0 Å². The zero-order valence-electron chi connectivity index (χ0n) is 9.34. The average molecular weight is 261 g/mol. The number of aliphatic hydroxyl groups is 4. The second-order valence-corrected chi connectivity index (χ2v) is 4.12. The molecule has 0 aromatic heterocycles. The number of aliphatic hydroxyl groups excluding tert-OH is 4. The van der Waals surface area contributed by atoms with Crippen molar-refractivity contribution in [2.45, 2.75) is 36.8 Å². The topological polar surface area (TPSA) is 128 Å². The molecular weight excluding hydrogens is 246 g/mol. The Morgan fingerprint density at radius 2 is 2.00 bits per heavy atom.